The maximum Gasteiger partial charge on any atom is 0.0761 e. The fourth-order valence-corrected chi connectivity index (χ4v) is 11.3. The molecule has 0 heterocycles. The first-order valence-electron chi connectivity index (χ1n) is 13.7. The van der Waals surface area contributed by atoms with Gasteiger partial charge in [0.15, 0.2) is 0 Å². The van der Waals surface area contributed by atoms with E-state index in [4.69, 9.17) is 0 Å². The van der Waals surface area contributed by atoms with Crippen LogP contribution in [0.25, 0.3) is 0 Å². The molecule has 0 aromatic heterocycles. The lowest BCUT2D eigenvalue weighted by atomic mass is 9.34. The Bertz CT molecular complexity index is 790. The second-order valence-corrected chi connectivity index (χ2v) is 14.7. The number of hydrogen-bond acceptors (Lipinski definition) is 1. The Labute approximate surface area is 192 Å². The molecule has 1 N–H and O–H groups in total. The van der Waals surface area contributed by atoms with Crippen LogP contribution in [0.2, 0.25) is 0 Å². The standard InChI is InChI=1S/C30H50O/c1-19(2)21-18-22(31)25-20-10-11-24-28(6)14-9-13-26(3,4)23(28)12-15-30(24,8)29(20,7)17-16-27(21,25)5/h19,21-24,31H,9-18H2,1-8H3/t21-,22-,23+,24-,27-,28+,29-,30-/m1/s1. The zero-order valence-corrected chi connectivity index (χ0v) is 21.9. The lowest BCUT2D eigenvalue weighted by Gasteiger charge is -2.70. The van der Waals surface area contributed by atoms with Crippen LogP contribution in [0.5, 0.6) is 0 Å². The molecule has 5 aliphatic rings. The molecule has 4 fully saturated rings. The lowest BCUT2D eigenvalue weighted by molar-refractivity contribution is -0.180. The molecule has 31 heavy (non-hydrogen) atoms. The van der Waals surface area contributed by atoms with Gasteiger partial charge in [-0.25, -0.2) is 0 Å². The van der Waals surface area contributed by atoms with E-state index in [1.807, 2.05) is 0 Å². The summed E-state index contributed by atoms with van der Waals surface area (Å²) in [6, 6.07) is 0. The number of allylic oxidation sites excluding steroid dienone is 1. The number of rotatable bonds is 1. The van der Waals surface area contributed by atoms with Gasteiger partial charge >= 0.3 is 0 Å². The fraction of sp³-hybridized carbons (Fsp3) is 0.933. The quantitative estimate of drug-likeness (QED) is 0.419. The van der Waals surface area contributed by atoms with Crippen LogP contribution in [0.15, 0.2) is 11.1 Å². The third kappa shape index (κ3) is 2.65. The van der Waals surface area contributed by atoms with Crippen LogP contribution in [0, 0.1) is 50.7 Å². The van der Waals surface area contributed by atoms with Gasteiger partial charge in [0.05, 0.1) is 6.10 Å². The molecule has 0 saturated heterocycles. The van der Waals surface area contributed by atoms with E-state index in [-0.39, 0.29) is 16.9 Å². The molecule has 0 amide bonds. The molecule has 1 nitrogen and oxygen atoms in total. The number of hydrogen-bond donors (Lipinski definition) is 1. The van der Waals surface area contributed by atoms with Gasteiger partial charge in [-0.05, 0) is 114 Å². The summed E-state index contributed by atoms with van der Waals surface area (Å²) in [5, 5.41) is 11.4. The SMILES string of the molecule is CC(C)[C@H]1C[C@@H](O)C2=C3CC[C@@H]4[C@@]5(C)CCCC(C)(C)[C@@H]5CC[C@@]4(C)[C@]3(C)CC[C@@]21C. The molecule has 0 bridgehead atoms. The first kappa shape index (κ1) is 22.5. The van der Waals surface area contributed by atoms with Crippen molar-refractivity contribution in [2.24, 2.45) is 50.7 Å². The third-order valence-corrected chi connectivity index (χ3v) is 12.9. The van der Waals surface area contributed by atoms with Crippen molar-refractivity contribution < 1.29 is 5.11 Å². The summed E-state index contributed by atoms with van der Waals surface area (Å²) in [6.07, 6.45) is 13.2. The van der Waals surface area contributed by atoms with Gasteiger partial charge in [-0.1, -0.05) is 67.4 Å². The highest BCUT2D eigenvalue weighted by Crippen LogP contribution is 2.75. The Morgan fingerprint density at radius 1 is 0.839 bits per heavy atom. The highest BCUT2D eigenvalue weighted by Gasteiger charge is 2.67. The van der Waals surface area contributed by atoms with Crippen molar-refractivity contribution in [3.63, 3.8) is 0 Å². The monoisotopic (exact) mass is 426 g/mol. The van der Waals surface area contributed by atoms with E-state index in [0.29, 0.717) is 28.1 Å². The summed E-state index contributed by atoms with van der Waals surface area (Å²) in [6.45, 7) is 20.5. The zero-order valence-electron chi connectivity index (χ0n) is 21.9. The average Bonchev–Trinajstić information content (AvgIpc) is 2.93. The van der Waals surface area contributed by atoms with Crippen LogP contribution < -0.4 is 0 Å². The minimum Gasteiger partial charge on any atom is -0.389 e. The van der Waals surface area contributed by atoms with Gasteiger partial charge in [-0.2, -0.15) is 0 Å². The van der Waals surface area contributed by atoms with E-state index in [2.05, 4.69) is 55.4 Å². The van der Waals surface area contributed by atoms with Crippen LogP contribution in [0.4, 0.5) is 0 Å². The average molecular weight is 427 g/mol. The molecule has 0 radical (unpaired) electrons. The molecular weight excluding hydrogens is 376 g/mol. The van der Waals surface area contributed by atoms with Crippen molar-refractivity contribution in [1.82, 2.24) is 0 Å². The van der Waals surface area contributed by atoms with Crippen LogP contribution in [0.3, 0.4) is 0 Å². The zero-order chi connectivity index (χ0) is 22.6. The maximum absolute atomic E-state index is 11.4. The van der Waals surface area contributed by atoms with Crippen LogP contribution >= 0.6 is 0 Å². The number of aliphatic hydroxyl groups excluding tert-OH is 1. The Hall–Kier alpha value is -0.300. The molecule has 5 rings (SSSR count). The molecule has 8 atom stereocenters. The molecule has 1 heteroatoms. The van der Waals surface area contributed by atoms with E-state index >= 15 is 0 Å². The van der Waals surface area contributed by atoms with E-state index in [1.54, 1.807) is 5.57 Å². The van der Waals surface area contributed by atoms with E-state index in [0.717, 1.165) is 18.3 Å². The van der Waals surface area contributed by atoms with E-state index in [9.17, 15) is 5.11 Å². The van der Waals surface area contributed by atoms with Gasteiger partial charge in [0, 0.05) is 0 Å². The molecule has 176 valence electrons. The third-order valence-electron chi connectivity index (χ3n) is 12.9. The molecule has 0 aliphatic heterocycles. The van der Waals surface area contributed by atoms with Crippen LogP contribution in [0.1, 0.15) is 120 Å². The highest BCUT2D eigenvalue weighted by molar-refractivity contribution is 5.41. The predicted molar refractivity (Wildman–Crippen MR) is 131 cm³/mol. The summed E-state index contributed by atoms with van der Waals surface area (Å²) in [5.74, 6) is 3.04. The van der Waals surface area contributed by atoms with E-state index < -0.39 is 0 Å². The number of aliphatic hydroxyl groups is 1. The molecule has 0 aromatic carbocycles. The Morgan fingerprint density at radius 3 is 2.23 bits per heavy atom. The first-order chi connectivity index (χ1) is 14.3. The Balaban J connectivity index is 1.60. The van der Waals surface area contributed by atoms with Gasteiger partial charge in [-0.3, -0.25) is 0 Å². The van der Waals surface area contributed by atoms with E-state index in [1.165, 1.54) is 63.4 Å². The van der Waals surface area contributed by atoms with Crippen molar-refractivity contribution >= 4 is 0 Å². The first-order valence-corrected chi connectivity index (χ1v) is 13.7. The van der Waals surface area contributed by atoms with Crippen LogP contribution in [-0.2, 0) is 0 Å². The van der Waals surface area contributed by atoms with Crippen molar-refractivity contribution in [2.75, 3.05) is 0 Å². The van der Waals surface area contributed by atoms with Crippen molar-refractivity contribution in [1.29, 1.82) is 0 Å². The van der Waals surface area contributed by atoms with Crippen molar-refractivity contribution in [2.45, 2.75) is 126 Å². The van der Waals surface area contributed by atoms with Crippen LogP contribution in [-0.4, -0.2) is 11.2 Å². The van der Waals surface area contributed by atoms with Crippen molar-refractivity contribution in [3.05, 3.63) is 11.1 Å². The normalized spacial score (nSPS) is 53.6. The summed E-state index contributed by atoms with van der Waals surface area (Å²) < 4.78 is 0. The van der Waals surface area contributed by atoms with Gasteiger partial charge in [0.2, 0.25) is 0 Å². The minimum absolute atomic E-state index is 0.187. The minimum atomic E-state index is -0.187. The summed E-state index contributed by atoms with van der Waals surface area (Å²) in [4.78, 5) is 0. The highest BCUT2D eigenvalue weighted by atomic mass is 16.3. The van der Waals surface area contributed by atoms with Gasteiger partial charge in [0.1, 0.15) is 0 Å². The summed E-state index contributed by atoms with van der Waals surface area (Å²) in [5.41, 5.74) is 5.17. The lowest BCUT2D eigenvalue weighted by Crippen LogP contribution is -2.62. The van der Waals surface area contributed by atoms with Crippen molar-refractivity contribution in [3.8, 4) is 0 Å². The number of fused-ring (bicyclic) bond motifs is 6. The molecule has 4 saturated carbocycles. The fourth-order valence-electron chi connectivity index (χ4n) is 11.3. The van der Waals surface area contributed by atoms with Gasteiger partial charge in [-0.15, -0.1) is 0 Å². The van der Waals surface area contributed by atoms with Gasteiger partial charge in [0.25, 0.3) is 0 Å². The summed E-state index contributed by atoms with van der Waals surface area (Å²) >= 11 is 0. The molecular formula is C30H50O. The Kier molecular flexibility index (Phi) is 4.82. The van der Waals surface area contributed by atoms with Gasteiger partial charge < -0.3 is 5.11 Å². The largest absolute Gasteiger partial charge is 0.389 e. The predicted octanol–water partition coefficient (Wildman–Crippen LogP) is 8.17. The smallest absolute Gasteiger partial charge is 0.0761 e. The topological polar surface area (TPSA) is 20.2 Å². The summed E-state index contributed by atoms with van der Waals surface area (Å²) in [7, 11) is 0. The maximum atomic E-state index is 11.4. The molecule has 0 spiro atoms. The molecule has 5 aliphatic carbocycles. The molecule has 0 unspecified atom stereocenters. The molecule has 0 aromatic rings. The second-order valence-electron chi connectivity index (χ2n) is 14.7. The Morgan fingerprint density at radius 2 is 1.55 bits per heavy atom. The second kappa shape index (κ2) is 6.64.